The lowest BCUT2D eigenvalue weighted by Gasteiger charge is -2.44. The molecule has 6 nitrogen and oxygen atoms in total. The Labute approximate surface area is 146 Å². The molecule has 1 spiro atoms. The van der Waals surface area contributed by atoms with Gasteiger partial charge in [0, 0.05) is 25.3 Å². The van der Waals surface area contributed by atoms with Crippen molar-refractivity contribution >= 4 is 23.6 Å². The molecule has 1 aromatic rings. The number of carbonyl (C=O) groups excluding carboxylic acids is 2. The molecule has 0 bridgehead atoms. The minimum absolute atomic E-state index is 0.0719. The number of furan rings is 1. The average molecular weight is 351 g/mol. The standard InChI is InChI=1S/C17H25N3O3S/c1-3-15(21)20-14(16(22)18-11-13-5-4-10-23-13)12-24-17(20)6-8-19(2)9-7-17/h4-5,10,14H,3,6-9,11-12H2,1-2H3,(H,18,22). The van der Waals surface area contributed by atoms with Gasteiger partial charge in [-0.25, -0.2) is 0 Å². The van der Waals surface area contributed by atoms with Gasteiger partial charge >= 0.3 is 0 Å². The fraction of sp³-hybridized carbons (Fsp3) is 0.647. The summed E-state index contributed by atoms with van der Waals surface area (Å²) in [7, 11) is 2.10. The van der Waals surface area contributed by atoms with Crippen molar-refractivity contribution in [2.24, 2.45) is 0 Å². The lowest BCUT2D eigenvalue weighted by Crippen LogP contribution is -2.57. The van der Waals surface area contributed by atoms with E-state index in [4.69, 9.17) is 4.42 Å². The van der Waals surface area contributed by atoms with Crippen LogP contribution in [0.2, 0.25) is 0 Å². The quantitative estimate of drug-likeness (QED) is 0.894. The highest BCUT2D eigenvalue weighted by molar-refractivity contribution is 8.01. The van der Waals surface area contributed by atoms with Crippen molar-refractivity contribution in [3.63, 3.8) is 0 Å². The van der Waals surface area contributed by atoms with Crippen molar-refractivity contribution in [2.45, 2.75) is 43.6 Å². The highest BCUT2D eigenvalue weighted by atomic mass is 32.2. The molecule has 2 saturated heterocycles. The van der Waals surface area contributed by atoms with Crippen LogP contribution in [0.15, 0.2) is 22.8 Å². The molecular formula is C17H25N3O3S. The van der Waals surface area contributed by atoms with Gasteiger partial charge < -0.3 is 19.5 Å². The van der Waals surface area contributed by atoms with Crippen molar-refractivity contribution in [3.05, 3.63) is 24.2 Å². The number of hydrogen-bond donors (Lipinski definition) is 1. The van der Waals surface area contributed by atoms with Gasteiger partial charge in [-0.05, 0) is 32.0 Å². The number of piperidine rings is 1. The Morgan fingerprint density at radius 2 is 2.17 bits per heavy atom. The zero-order chi connectivity index (χ0) is 17.2. The highest BCUT2D eigenvalue weighted by Gasteiger charge is 2.52. The summed E-state index contributed by atoms with van der Waals surface area (Å²) >= 11 is 1.77. The predicted molar refractivity (Wildman–Crippen MR) is 93.4 cm³/mol. The van der Waals surface area contributed by atoms with E-state index in [0.717, 1.165) is 31.7 Å². The van der Waals surface area contributed by atoms with Crippen LogP contribution in [0.4, 0.5) is 0 Å². The van der Waals surface area contributed by atoms with Crippen LogP contribution in [0.3, 0.4) is 0 Å². The molecule has 0 aromatic carbocycles. The van der Waals surface area contributed by atoms with Gasteiger partial charge in [0.25, 0.3) is 0 Å². The Hall–Kier alpha value is -1.47. The minimum Gasteiger partial charge on any atom is -0.467 e. The number of nitrogens with zero attached hydrogens (tertiary/aromatic N) is 2. The predicted octanol–water partition coefficient (Wildman–Crippen LogP) is 1.67. The van der Waals surface area contributed by atoms with Gasteiger partial charge in [0.1, 0.15) is 11.8 Å². The maximum Gasteiger partial charge on any atom is 0.244 e. The number of amides is 2. The fourth-order valence-corrected chi connectivity index (χ4v) is 5.09. The second-order valence-electron chi connectivity index (χ2n) is 6.49. The summed E-state index contributed by atoms with van der Waals surface area (Å²) in [5.74, 6) is 1.37. The molecule has 0 aliphatic carbocycles. The van der Waals surface area contributed by atoms with Crippen molar-refractivity contribution in [3.8, 4) is 0 Å². The maximum absolute atomic E-state index is 12.7. The van der Waals surface area contributed by atoms with Crippen molar-refractivity contribution in [2.75, 3.05) is 25.9 Å². The van der Waals surface area contributed by atoms with Crippen LogP contribution in [-0.4, -0.2) is 58.4 Å². The number of hydrogen-bond acceptors (Lipinski definition) is 5. The van der Waals surface area contributed by atoms with Gasteiger partial charge in [-0.2, -0.15) is 0 Å². The Kier molecular flexibility index (Phi) is 5.20. The van der Waals surface area contributed by atoms with Crippen LogP contribution < -0.4 is 5.32 Å². The van der Waals surface area contributed by atoms with Gasteiger partial charge in [-0.15, -0.1) is 11.8 Å². The lowest BCUT2D eigenvalue weighted by molar-refractivity contribution is -0.143. The van der Waals surface area contributed by atoms with Crippen LogP contribution in [0.25, 0.3) is 0 Å². The first-order valence-corrected chi connectivity index (χ1v) is 9.49. The third-order valence-corrected chi connectivity index (χ3v) is 6.54. The monoisotopic (exact) mass is 351 g/mol. The van der Waals surface area contributed by atoms with Gasteiger partial charge in [0.05, 0.1) is 17.7 Å². The second-order valence-corrected chi connectivity index (χ2v) is 7.87. The molecule has 1 N–H and O–H groups in total. The summed E-state index contributed by atoms with van der Waals surface area (Å²) in [6.07, 6.45) is 3.86. The molecule has 2 aliphatic rings. The average Bonchev–Trinajstić information content (AvgIpc) is 3.23. The van der Waals surface area contributed by atoms with E-state index in [1.165, 1.54) is 0 Å². The second kappa shape index (κ2) is 7.19. The molecule has 2 aliphatic heterocycles. The molecule has 2 amide bonds. The van der Waals surface area contributed by atoms with Crippen LogP contribution in [-0.2, 0) is 16.1 Å². The number of likely N-dealkylation sites (tertiary alicyclic amines) is 1. The Morgan fingerprint density at radius 1 is 1.42 bits per heavy atom. The molecule has 1 atom stereocenters. The summed E-state index contributed by atoms with van der Waals surface area (Å²) in [5, 5.41) is 2.92. The van der Waals surface area contributed by atoms with E-state index in [9.17, 15) is 9.59 Å². The molecule has 3 rings (SSSR count). The topological polar surface area (TPSA) is 65.8 Å². The normalized spacial score (nSPS) is 23.6. The van der Waals surface area contributed by atoms with Gasteiger partial charge in [0.2, 0.25) is 11.8 Å². The first kappa shape index (κ1) is 17.4. The maximum atomic E-state index is 12.7. The van der Waals surface area contributed by atoms with E-state index in [2.05, 4.69) is 17.3 Å². The Balaban J connectivity index is 1.72. The number of thioether (sulfide) groups is 1. The van der Waals surface area contributed by atoms with E-state index in [-0.39, 0.29) is 22.7 Å². The van der Waals surface area contributed by atoms with Crippen LogP contribution in [0.5, 0.6) is 0 Å². The van der Waals surface area contributed by atoms with E-state index in [1.807, 2.05) is 17.9 Å². The molecule has 1 unspecified atom stereocenters. The number of carbonyl (C=O) groups is 2. The zero-order valence-corrected chi connectivity index (χ0v) is 15.1. The molecule has 3 heterocycles. The molecular weight excluding hydrogens is 326 g/mol. The van der Waals surface area contributed by atoms with E-state index >= 15 is 0 Å². The van der Waals surface area contributed by atoms with Gasteiger partial charge in [-0.3, -0.25) is 9.59 Å². The summed E-state index contributed by atoms with van der Waals surface area (Å²) < 4.78 is 5.26. The molecule has 132 valence electrons. The lowest BCUT2D eigenvalue weighted by atomic mass is 10.00. The molecule has 7 heteroatoms. The summed E-state index contributed by atoms with van der Waals surface area (Å²) in [5.41, 5.74) is 0. The third-order valence-electron chi connectivity index (χ3n) is 4.92. The molecule has 0 radical (unpaired) electrons. The minimum atomic E-state index is -0.388. The van der Waals surface area contributed by atoms with E-state index in [1.54, 1.807) is 24.1 Å². The van der Waals surface area contributed by atoms with Crippen LogP contribution in [0, 0.1) is 0 Å². The Morgan fingerprint density at radius 3 is 2.79 bits per heavy atom. The van der Waals surface area contributed by atoms with Gasteiger partial charge in [-0.1, -0.05) is 6.92 Å². The molecule has 1 aromatic heterocycles. The fourth-order valence-electron chi connectivity index (χ4n) is 3.48. The van der Waals surface area contributed by atoms with E-state index in [0.29, 0.717) is 18.7 Å². The number of nitrogens with one attached hydrogen (secondary N) is 1. The smallest absolute Gasteiger partial charge is 0.244 e. The zero-order valence-electron chi connectivity index (χ0n) is 14.3. The first-order valence-electron chi connectivity index (χ1n) is 8.50. The molecule has 2 fully saturated rings. The first-order chi connectivity index (χ1) is 11.6. The third kappa shape index (κ3) is 3.32. The van der Waals surface area contributed by atoms with Crippen LogP contribution >= 0.6 is 11.8 Å². The molecule has 24 heavy (non-hydrogen) atoms. The van der Waals surface area contributed by atoms with Crippen molar-refractivity contribution < 1.29 is 14.0 Å². The summed E-state index contributed by atoms with van der Waals surface area (Å²) in [6, 6.07) is 3.24. The summed E-state index contributed by atoms with van der Waals surface area (Å²) in [4.78, 5) is 29.3. The SMILES string of the molecule is CCC(=O)N1C(C(=O)NCc2ccco2)CSC12CCN(C)CC2. The van der Waals surface area contributed by atoms with Gasteiger partial charge in [0.15, 0.2) is 0 Å². The van der Waals surface area contributed by atoms with Crippen LogP contribution in [0.1, 0.15) is 31.9 Å². The molecule has 0 saturated carbocycles. The number of rotatable bonds is 4. The Bertz CT molecular complexity index is 582. The van der Waals surface area contributed by atoms with E-state index < -0.39 is 0 Å². The largest absolute Gasteiger partial charge is 0.467 e. The highest BCUT2D eigenvalue weighted by Crippen LogP contribution is 2.46. The van der Waals surface area contributed by atoms with Crippen molar-refractivity contribution in [1.82, 2.24) is 15.1 Å². The summed E-state index contributed by atoms with van der Waals surface area (Å²) in [6.45, 7) is 4.14. The van der Waals surface area contributed by atoms with Crippen molar-refractivity contribution in [1.29, 1.82) is 0 Å².